The zero-order chi connectivity index (χ0) is 25.3. The summed E-state index contributed by atoms with van der Waals surface area (Å²) in [5.74, 6) is 0. The SMILES string of the molecule is OC[C@H]1O[C@H](O[C@H]2[C@H](O)[C@@H](O)[C@@H](O[C@H]3[C@H](O)[C@@H](O)[C@@H](O)O[C@@H]3CO)O[C@@H]2CO)[C@H](O)[C@@H](O)[C@H]1O. The zero-order valence-electron chi connectivity index (χ0n) is 17.7. The molecule has 0 saturated carbocycles. The van der Waals surface area contributed by atoms with Gasteiger partial charge >= 0.3 is 0 Å². The number of rotatable bonds is 7. The van der Waals surface area contributed by atoms with Crippen molar-refractivity contribution in [3.8, 4) is 0 Å². The number of hydrogen-bond acceptors (Lipinski definition) is 16. The molecule has 0 radical (unpaired) electrons. The minimum Gasteiger partial charge on any atom is -0.394 e. The second-order valence-corrected chi connectivity index (χ2v) is 8.33. The highest BCUT2D eigenvalue weighted by molar-refractivity contribution is 4.96. The van der Waals surface area contributed by atoms with Crippen LogP contribution < -0.4 is 0 Å². The van der Waals surface area contributed by atoms with Gasteiger partial charge in [-0.1, -0.05) is 0 Å². The van der Waals surface area contributed by atoms with E-state index in [0.717, 1.165) is 0 Å². The Morgan fingerprint density at radius 2 is 0.853 bits per heavy atom. The zero-order valence-corrected chi connectivity index (χ0v) is 17.7. The van der Waals surface area contributed by atoms with Crippen LogP contribution in [-0.4, -0.2) is 168 Å². The third-order valence-corrected chi connectivity index (χ3v) is 6.09. The van der Waals surface area contributed by atoms with Gasteiger partial charge in [-0.3, -0.25) is 0 Å². The Kier molecular flexibility index (Phi) is 9.54. The van der Waals surface area contributed by atoms with Crippen LogP contribution in [0.15, 0.2) is 0 Å². The predicted molar refractivity (Wildman–Crippen MR) is 101 cm³/mol. The summed E-state index contributed by atoms with van der Waals surface area (Å²) in [4.78, 5) is 0. The molecule has 0 aromatic rings. The lowest BCUT2D eigenvalue weighted by atomic mass is 9.96. The van der Waals surface area contributed by atoms with E-state index in [1.54, 1.807) is 0 Å². The first-order chi connectivity index (χ1) is 16.0. The highest BCUT2D eigenvalue weighted by Crippen LogP contribution is 2.32. The highest BCUT2D eigenvalue weighted by atomic mass is 16.8. The second kappa shape index (κ2) is 11.6. The minimum atomic E-state index is -1.91. The molecule has 0 aliphatic carbocycles. The van der Waals surface area contributed by atoms with Crippen LogP contribution in [0.2, 0.25) is 0 Å². The van der Waals surface area contributed by atoms with Crippen LogP contribution in [0.25, 0.3) is 0 Å². The van der Waals surface area contributed by atoms with Crippen molar-refractivity contribution in [3.05, 3.63) is 0 Å². The van der Waals surface area contributed by atoms with Crippen LogP contribution in [0.1, 0.15) is 0 Å². The molecular weight excluding hydrogens is 472 g/mol. The van der Waals surface area contributed by atoms with E-state index in [4.69, 9.17) is 23.7 Å². The summed E-state index contributed by atoms with van der Waals surface area (Å²) in [7, 11) is 0. The van der Waals surface area contributed by atoms with Gasteiger partial charge in [-0.05, 0) is 0 Å². The monoisotopic (exact) mass is 504 g/mol. The maximum absolute atomic E-state index is 10.6. The van der Waals surface area contributed by atoms with Gasteiger partial charge in [0, 0.05) is 0 Å². The molecule has 16 nitrogen and oxygen atoms in total. The third-order valence-electron chi connectivity index (χ3n) is 6.09. The Morgan fingerprint density at radius 1 is 0.441 bits per heavy atom. The Labute approximate surface area is 192 Å². The van der Waals surface area contributed by atoms with Crippen molar-refractivity contribution in [2.45, 2.75) is 92.1 Å². The lowest BCUT2D eigenvalue weighted by molar-refractivity contribution is -0.377. The predicted octanol–water partition coefficient (Wildman–Crippen LogP) is -7.57. The molecule has 0 bridgehead atoms. The molecule has 3 aliphatic rings. The standard InChI is InChI=1S/C18H32O16/c19-1-4-7(22)8(23)12(27)17(31-4)34-15-6(3-21)32-18(13(28)10(15)25)33-14-5(2-20)30-16(29)11(26)9(14)24/h4-29H,1-3H2/t4-,5-,6-,7+,8+,9-,10-,11-,12-,13-,14-,15-,16+,17-,18-/m1/s1. The van der Waals surface area contributed by atoms with Crippen molar-refractivity contribution < 1.29 is 79.9 Å². The average Bonchev–Trinajstić information content (AvgIpc) is 2.83. The Bertz CT molecular complexity index is 635. The van der Waals surface area contributed by atoms with E-state index < -0.39 is 112 Å². The molecule has 34 heavy (non-hydrogen) atoms. The largest absolute Gasteiger partial charge is 0.394 e. The number of ether oxygens (including phenoxy) is 5. The van der Waals surface area contributed by atoms with Gasteiger partial charge in [-0.2, -0.15) is 0 Å². The third kappa shape index (κ3) is 5.37. The van der Waals surface area contributed by atoms with E-state index in [-0.39, 0.29) is 0 Å². The molecule has 3 aliphatic heterocycles. The molecule has 11 N–H and O–H groups in total. The first-order valence-electron chi connectivity index (χ1n) is 10.6. The number of aliphatic hydroxyl groups is 11. The number of hydrogen-bond donors (Lipinski definition) is 11. The fourth-order valence-corrected chi connectivity index (χ4v) is 4.06. The van der Waals surface area contributed by atoms with Crippen molar-refractivity contribution >= 4 is 0 Å². The summed E-state index contributed by atoms with van der Waals surface area (Å²) in [5.41, 5.74) is 0. The summed E-state index contributed by atoms with van der Waals surface area (Å²) in [6.07, 6.45) is -25.1. The van der Waals surface area contributed by atoms with Gasteiger partial charge in [0.2, 0.25) is 0 Å². The summed E-state index contributed by atoms with van der Waals surface area (Å²) in [5, 5.41) is 109. The van der Waals surface area contributed by atoms with Crippen LogP contribution in [0.4, 0.5) is 0 Å². The summed E-state index contributed by atoms with van der Waals surface area (Å²) >= 11 is 0. The van der Waals surface area contributed by atoms with E-state index in [1.165, 1.54) is 0 Å². The van der Waals surface area contributed by atoms with Gasteiger partial charge < -0.3 is 79.9 Å². The normalized spacial score (nSPS) is 52.5. The minimum absolute atomic E-state index is 0.741. The van der Waals surface area contributed by atoms with Gasteiger partial charge in [-0.25, -0.2) is 0 Å². The Balaban J connectivity index is 1.72. The summed E-state index contributed by atoms with van der Waals surface area (Å²) in [6, 6.07) is 0. The van der Waals surface area contributed by atoms with Crippen molar-refractivity contribution in [1.82, 2.24) is 0 Å². The van der Waals surface area contributed by atoms with E-state index in [2.05, 4.69) is 0 Å². The maximum Gasteiger partial charge on any atom is 0.187 e. The van der Waals surface area contributed by atoms with Crippen molar-refractivity contribution in [2.75, 3.05) is 19.8 Å². The van der Waals surface area contributed by atoms with Gasteiger partial charge in [0.25, 0.3) is 0 Å². The average molecular weight is 504 g/mol. The lowest BCUT2D eigenvalue weighted by Gasteiger charge is -2.47. The molecule has 15 atom stereocenters. The molecule has 200 valence electrons. The van der Waals surface area contributed by atoms with Gasteiger partial charge in [0.1, 0.15) is 73.2 Å². The highest BCUT2D eigenvalue weighted by Gasteiger charge is 2.53. The van der Waals surface area contributed by atoms with Crippen LogP contribution in [-0.2, 0) is 23.7 Å². The summed E-state index contributed by atoms with van der Waals surface area (Å²) in [6.45, 7) is -2.32. The molecule has 0 amide bonds. The van der Waals surface area contributed by atoms with Crippen LogP contribution in [0.5, 0.6) is 0 Å². The molecule has 3 rings (SSSR count). The second-order valence-electron chi connectivity index (χ2n) is 8.33. The molecule has 0 spiro atoms. The molecular formula is C18H32O16. The van der Waals surface area contributed by atoms with Gasteiger partial charge in [0.15, 0.2) is 18.9 Å². The van der Waals surface area contributed by atoms with Crippen molar-refractivity contribution in [2.24, 2.45) is 0 Å². The molecule has 0 unspecified atom stereocenters. The van der Waals surface area contributed by atoms with Crippen LogP contribution in [0.3, 0.4) is 0 Å². The fourth-order valence-electron chi connectivity index (χ4n) is 4.06. The number of aliphatic hydroxyl groups excluding tert-OH is 11. The van der Waals surface area contributed by atoms with E-state index >= 15 is 0 Å². The van der Waals surface area contributed by atoms with Gasteiger partial charge in [0.05, 0.1) is 19.8 Å². The van der Waals surface area contributed by atoms with Crippen molar-refractivity contribution in [3.63, 3.8) is 0 Å². The van der Waals surface area contributed by atoms with E-state index in [9.17, 15) is 56.2 Å². The molecule has 3 heterocycles. The lowest BCUT2D eigenvalue weighted by Crippen LogP contribution is -2.66. The Morgan fingerprint density at radius 3 is 1.35 bits per heavy atom. The van der Waals surface area contributed by atoms with E-state index in [1.807, 2.05) is 0 Å². The smallest absolute Gasteiger partial charge is 0.187 e. The topological polar surface area (TPSA) is 269 Å². The molecule has 16 heteroatoms. The Hall–Kier alpha value is -0.640. The summed E-state index contributed by atoms with van der Waals surface area (Å²) < 4.78 is 26.4. The fraction of sp³-hybridized carbons (Fsp3) is 1.00. The van der Waals surface area contributed by atoms with Crippen molar-refractivity contribution in [1.29, 1.82) is 0 Å². The molecule has 3 saturated heterocycles. The quantitative estimate of drug-likeness (QED) is 0.154. The molecule has 0 aromatic carbocycles. The van der Waals surface area contributed by atoms with Crippen LogP contribution >= 0.6 is 0 Å². The maximum atomic E-state index is 10.6. The molecule has 0 aromatic heterocycles. The van der Waals surface area contributed by atoms with Gasteiger partial charge in [-0.15, -0.1) is 0 Å². The first kappa shape index (κ1) is 27.9. The molecule has 3 fully saturated rings. The first-order valence-corrected chi connectivity index (χ1v) is 10.6. The van der Waals surface area contributed by atoms with Crippen LogP contribution in [0, 0.1) is 0 Å². The van der Waals surface area contributed by atoms with E-state index in [0.29, 0.717) is 0 Å².